The average molecular weight is 329 g/mol. The van der Waals surface area contributed by atoms with E-state index in [2.05, 4.69) is 26.9 Å². The lowest BCUT2D eigenvalue weighted by Gasteiger charge is -2.49. The van der Waals surface area contributed by atoms with Crippen LogP contribution in [0.1, 0.15) is 28.9 Å². The monoisotopic (exact) mass is 329 g/mol. The van der Waals surface area contributed by atoms with Crippen LogP contribution in [0.15, 0.2) is 30.3 Å². The standard InChI is InChI=1S/C16H19N5OS/c1-20(14-2-4-17-10-19-14)12-6-16(7-12)3-5-21(9-16)15(22)13-8-18-11-23-13/h2,4,8,10-12H,3,5-7,9H2,1H3. The van der Waals surface area contributed by atoms with E-state index in [0.29, 0.717) is 11.5 Å². The molecule has 1 aliphatic carbocycles. The summed E-state index contributed by atoms with van der Waals surface area (Å²) >= 11 is 1.42. The number of nitrogens with zero attached hydrogens (tertiary/aromatic N) is 5. The number of likely N-dealkylation sites (tertiary alicyclic amines) is 1. The molecule has 3 heterocycles. The van der Waals surface area contributed by atoms with Crippen LogP contribution in [0.5, 0.6) is 0 Å². The van der Waals surface area contributed by atoms with Gasteiger partial charge in [0.25, 0.3) is 5.91 Å². The maximum Gasteiger partial charge on any atom is 0.265 e. The largest absolute Gasteiger partial charge is 0.357 e. The first-order chi connectivity index (χ1) is 11.2. The Morgan fingerprint density at radius 3 is 3.00 bits per heavy atom. The van der Waals surface area contributed by atoms with Crippen LogP contribution in [0.3, 0.4) is 0 Å². The van der Waals surface area contributed by atoms with Gasteiger partial charge in [-0.3, -0.25) is 9.78 Å². The first-order valence-corrected chi connectivity index (χ1v) is 8.71. The summed E-state index contributed by atoms with van der Waals surface area (Å²) in [6, 6.07) is 2.45. The number of rotatable bonds is 3. The Morgan fingerprint density at radius 1 is 1.43 bits per heavy atom. The van der Waals surface area contributed by atoms with E-state index in [1.54, 1.807) is 24.2 Å². The summed E-state index contributed by atoms with van der Waals surface area (Å²) in [6.45, 7) is 1.73. The molecule has 1 aliphatic heterocycles. The van der Waals surface area contributed by atoms with E-state index in [-0.39, 0.29) is 5.91 Å². The lowest BCUT2D eigenvalue weighted by Crippen LogP contribution is -2.51. The summed E-state index contributed by atoms with van der Waals surface area (Å²) in [5.74, 6) is 1.10. The zero-order valence-electron chi connectivity index (χ0n) is 13.1. The van der Waals surface area contributed by atoms with E-state index in [9.17, 15) is 4.79 Å². The molecule has 0 atom stereocenters. The predicted molar refractivity (Wildman–Crippen MR) is 88.5 cm³/mol. The summed E-state index contributed by atoms with van der Waals surface area (Å²) in [5, 5.41) is 0. The van der Waals surface area contributed by atoms with Gasteiger partial charge in [-0.15, -0.1) is 11.3 Å². The summed E-state index contributed by atoms with van der Waals surface area (Å²) in [6.07, 6.45) is 8.39. The maximum atomic E-state index is 12.4. The Kier molecular flexibility index (Phi) is 3.52. The van der Waals surface area contributed by atoms with Crippen molar-refractivity contribution >= 4 is 23.1 Å². The first kappa shape index (κ1) is 14.6. The van der Waals surface area contributed by atoms with E-state index in [1.807, 2.05) is 11.0 Å². The van der Waals surface area contributed by atoms with E-state index >= 15 is 0 Å². The second-order valence-corrected chi connectivity index (χ2v) is 7.47. The van der Waals surface area contributed by atoms with Crippen LogP contribution in [-0.2, 0) is 0 Å². The number of hydrogen-bond acceptors (Lipinski definition) is 6. The minimum Gasteiger partial charge on any atom is -0.357 e. The van der Waals surface area contributed by atoms with E-state index in [0.717, 1.165) is 43.0 Å². The fourth-order valence-electron chi connectivity index (χ4n) is 3.81. The van der Waals surface area contributed by atoms with Gasteiger partial charge in [0.2, 0.25) is 0 Å². The Morgan fingerprint density at radius 2 is 2.30 bits per heavy atom. The van der Waals surface area contributed by atoms with Crippen LogP contribution in [0, 0.1) is 5.41 Å². The van der Waals surface area contributed by atoms with Gasteiger partial charge >= 0.3 is 0 Å². The third kappa shape index (κ3) is 2.59. The van der Waals surface area contributed by atoms with E-state index in [4.69, 9.17) is 0 Å². The quantitative estimate of drug-likeness (QED) is 0.862. The summed E-state index contributed by atoms with van der Waals surface area (Å²) in [4.78, 5) is 29.7. The van der Waals surface area contributed by atoms with Crippen LogP contribution in [0.25, 0.3) is 0 Å². The van der Waals surface area contributed by atoms with Crippen molar-refractivity contribution in [3.63, 3.8) is 0 Å². The van der Waals surface area contributed by atoms with Gasteiger partial charge in [0.1, 0.15) is 17.0 Å². The molecule has 2 aliphatic rings. The molecule has 1 spiro atoms. The number of aromatic nitrogens is 3. The summed E-state index contributed by atoms with van der Waals surface area (Å²) in [5.41, 5.74) is 2.02. The Hall–Kier alpha value is -2.02. The molecule has 0 N–H and O–H groups in total. The first-order valence-electron chi connectivity index (χ1n) is 7.84. The average Bonchev–Trinajstić information content (AvgIpc) is 3.22. The molecule has 2 fully saturated rings. The maximum absolute atomic E-state index is 12.4. The highest BCUT2D eigenvalue weighted by molar-refractivity contribution is 7.11. The third-order valence-electron chi connectivity index (χ3n) is 5.18. The fourth-order valence-corrected chi connectivity index (χ4v) is 4.40. The van der Waals surface area contributed by atoms with Crippen molar-refractivity contribution in [3.8, 4) is 0 Å². The minimum absolute atomic E-state index is 0.136. The van der Waals surface area contributed by atoms with Gasteiger partial charge in [-0.2, -0.15) is 0 Å². The molecule has 6 nitrogen and oxygen atoms in total. The van der Waals surface area contributed by atoms with Crippen molar-refractivity contribution in [3.05, 3.63) is 35.2 Å². The molecule has 7 heteroatoms. The van der Waals surface area contributed by atoms with Crippen LogP contribution in [-0.4, -0.2) is 51.9 Å². The van der Waals surface area contributed by atoms with Gasteiger partial charge in [-0.25, -0.2) is 9.97 Å². The number of anilines is 1. The zero-order valence-corrected chi connectivity index (χ0v) is 13.9. The Bertz CT molecular complexity index is 684. The Balaban J connectivity index is 1.37. The molecule has 4 rings (SSSR count). The molecule has 2 aromatic rings. The number of thiazole rings is 1. The Labute approximate surface area is 139 Å². The SMILES string of the molecule is CN(c1ccncn1)C1CC2(CCN(C(=O)c3cncs3)C2)C1. The highest BCUT2D eigenvalue weighted by Gasteiger charge is 2.50. The molecule has 2 aromatic heterocycles. The molecular weight excluding hydrogens is 310 g/mol. The highest BCUT2D eigenvalue weighted by Crippen LogP contribution is 2.50. The van der Waals surface area contributed by atoms with Crippen molar-refractivity contribution in [2.75, 3.05) is 25.0 Å². The van der Waals surface area contributed by atoms with Crippen molar-refractivity contribution in [2.45, 2.75) is 25.3 Å². The second-order valence-electron chi connectivity index (χ2n) is 6.58. The normalized spacial score (nSPS) is 26.3. The van der Waals surface area contributed by atoms with Crippen molar-refractivity contribution in [1.29, 1.82) is 0 Å². The van der Waals surface area contributed by atoms with Crippen LogP contribution in [0.4, 0.5) is 5.82 Å². The van der Waals surface area contributed by atoms with Gasteiger partial charge in [0.15, 0.2) is 0 Å². The molecule has 1 saturated carbocycles. The third-order valence-corrected chi connectivity index (χ3v) is 5.94. The molecule has 23 heavy (non-hydrogen) atoms. The summed E-state index contributed by atoms with van der Waals surface area (Å²) in [7, 11) is 2.09. The number of amides is 1. The molecular formula is C16H19N5OS. The molecule has 0 radical (unpaired) electrons. The molecule has 1 amide bonds. The minimum atomic E-state index is 0.136. The smallest absolute Gasteiger partial charge is 0.265 e. The van der Waals surface area contributed by atoms with Gasteiger partial charge in [-0.1, -0.05) is 0 Å². The van der Waals surface area contributed by atoms with E-state index < -0.39 is 0 Å². The number of carbonyl (C=O) groups is 1. The predicted octanol–water partition coefficient (Wildman–Crippen LogP) is 2.06. The van der Waals surface area contributed by atoms with Crippen LogP contribution >= 0.6 is 11.3 Å². The lowest BCUT2D eigenvalue weighted by atomic mass is 9.64. The number of hydrogen-bond donors (Lipinski definition) is 0. The van der Waals surface area contributed by atoms with Gasteiger partial charge in [0.05, 0.1) is 11.7 Å². The second kappa shape index (κ2) is 5.56. The van der Waals surface area contributed by atoms with Crippen molar-refractivity contribution < 1.29 is 4.79 Å². The molecule has 0 unspecified atom stereocenters. The lowest BCUT2D eigenvalue weighted by molar-refractivity contribution is 0.0703. The number of carbonyl (C=O) groups excluding carboxylic acids is 1. The van der Waals surface area contributed by atoms with Crippen LogP contribution < -0.4 is 4.90 Å². The van der Waals surface area contributed by atoms with Crippen LogP contribution in [0.2, 0.25) is 0 Å². The topological polar surface area (TPSA) is 62.2 Å². The van der Waals surface area contributed by atoms with Gasteiger partial charge in [-0.05, 0) is 30.7 Å². The highest BCUT2D eigenvalue weighted by atomic mass is 32.1. The molecule has 0 aromatic carbocycles. The fraction of sp³-hybridized carbons (Fsp3) is 0.500. The zero-order chi connectivity index (χ0) is 15.9. The van der Waals surface area contributed by atoms with E-state index in [1.165, 1.54) is 11.3 Å². The van der Waals surface area contributed by atoms with Gasteiger partial charge in [0, 0.05) is 32.4 Å². The molecule has 1 saturated heterocycles. The van der Waals surface area contributed by atoms with Crippen molar-refractivity contribution in [1.82, 2.24) is 19.9 Å². The molecule has 120 valence electrons. The summed E-state index contributed by atoms with van der Waals surface area (Å²) < 4.78 is 0. The van der Waals surface area contributed by atoms with Gasteiger partial charge < -0.3 is 9.80 Å². The molecule has 0 bridgehead atoms. The van der Waals surface area contributed by atoms with Crippen molar-refractivity contribution in [2.24, 2.45) is 5.41 Å².